The van der Waals surface area contributed by atoms with Crippen molar-refractivity contribution >= 4 is 0 Å². The highest BCUT2D eigenvalue weighted by Crippen LogP contribution is 2.33. The van der Waals surface area contributed by atoms with Crippen molar-refractivity contribution in [3.05, 3.63) is 47.6 Å². The van der Waals surface area contributed by atoms with Crippen LogP contribution >= 0.6 is 0 Å². The first-order chi connectivity index (χ1) is 9.17. The van der Waals surface area contributed by atoms with Crippen molar-refractivity contribution in [3.8, 4) is 0 Å². The van der Waals surface area contributed by atoms with Crippen LogP contribution in [0.4, 0.5) is 0 Å². The highest BCUT2D eigenvalue weighted by atomic mass is 14.2. The van der Waals surface area contributed by atoms with E-state index in [0.29, 0.717) is 0 Å². The van der Waals surface area contributed by atoms with Gasteiger partial charge in [-0.3, -0.25) is 0 Å². The molecule has 0 heterocycles. The smallest absolute Gasteiger partial charge is 0.00675 e. The molecular weight excluding hydrogens is 228 g/mol. The van der Waals surface area contributed by atoms with Crippen molar-refractivity contribution in [2.75, 3.05) is 0 Å². The van der Waals surface area contributed by atoms with Crippen molar-refractivity contribution in [1.82, 2.24) is 0 Å². The van der Waals surface area contributed by atoms with E-state index in [9.17, 15) is 0 Å². The Morgan fingerprint density at radius 2 is 1.95 bits per heavy atom. The molecule has 0 aromatic heterocycles. The maximum Gasteiger partial charge on any atom is -0.00675 e. The molecular formula is C19H30. The summed E-state index contributed by atoms with van der Waals surface area (Å²) in [6, 6.07) is 0. The summed E-state index contributed by atoms with van der Waals surface area (Å²) in [7, 11) is 0. The van der Waals surface area contributed by atoms with Gasteiger partial charge in [-0.05, 0) is 56.4 Å². The number of rotatable bonds is 7. The van der Waals surface area contributed by atoms with Crippen LogP contribution in [-0.4, -0.2) is 0 Å². The molecule has 0 saturated heterocycles. The van der Waals surface area contributed by atoms with Gasteiger partial charge in [-0.2, -0.15) is 0 Å². The van der Waals surface area contributed by atoms with Crippen LogP contribution in [0.5, 0.6) is 0 Å². The van der Waals surface area contributed by atoms with Crippen LogP contribution in [0.25, 0.3) is 0 Å². The van der Waals surface area contributed by atoms with Gasteiger partial charge in [0, 0.05) is 0 Å². The molecule has 0 nitrogen and oxygen atoms in total. The molecule has 0 aromatic carbocycles. The van der Waals surface area contributed by atoms with E-state index in [2.05, 4.69) is 45.6 Å². The molecule has 1 fully saturated rings. The molecule has 0 spiro atoms. The van der Waals surface area contributed by atoms with Gasteiger partial charge in [0.05, 0.1) is 0 Å². The third kappa shape index (κ3) is 6.09. The maximum atomic E-state index is 3.77. The number of allylic oxidation sites excluding steroid dienone is 7. The third-order valence-electron chi connectivity index (χ3n) is 3.69. The van der Waals surface area contributed by atoms with Crippen LogP contribution in [0.3, 0.4) is 0 Å². The molecule has 0 radical (unpaired) electrons. The van der Waals surface area contributed by atoms with E-state index in [0.717, 1.165) is 18.8 Å². The Hall–Kier alpha value is -1.04. The van der Waals surface area contributed by atoms with Crippen molar-refractivity contribution in [1.29, 1.82) is 0 Å². The van der Waals surface area contributed by atoms with Crippen LogP contribution < -0.4 is 0 Å². The summed E-state index contributed by atoms with van der Waals surface area (Å²) >= 11 is 0. The first kappa shape index (κ1) is 16.0. The minimum absolute atomic E-state index is 0.759. The highest BCUT2D eigenvalue weighted by molar-refractivity contribution is 5.30. The van der Waals surface area contributed by atoms with Crippen LogP contribution in [0.1, 0.15) is 65.7 Å². The van der Waals surface area contributed by atoms with E-state index >= 15 is 0 Å². The Morgan fingerprint density at radius 1 is 1.26 bits per heavy atom. The Kier molecular flexibility index (Phi) is 7.55. The molecule has 1 aliphatic carbocycles. The minimum Gasteiger partial charge on any atom is -0.0991 e. The summed E-state index contributed by atoms with van der Waals surface area (Å²) in [5, 5.41) is 0. The van der Waals surface area contributed by atoms with Gasteiger partial charge in [0.25, 0.3) is 0 Å². The van der Waals surface area contributed by atoms with E-state index in [-0.39, 0.29) is 0 Å². The summed E-state index contributed by atoms with van der Waals surface area (Å²) in [6.45, 7) is 10.6. The molecule has 1 saturated carbocycles. The summed E-state index contributed by atoms with van der Waals surface area (Å²) in [5.41, 5.74) is 4.92. The first-order valence-electron chi connectivity index (χ1n) is 7.85. The molecule has 19 heavy (non-hydrogen) atoms. The van der Waals surface area contributed by atoms with Crippen molar-refractivity contribution in [2.45, 2.75) is 65.7 Å². The maximum absolute atomic E-state index is 3.77. The first-order valence-corrected chi connectivity index (χ1v) is 7.85. The second-order valence-electron chi connectivity index (χ2n) is 5.97. The van der Waals surface area contributed by atoms with Crippen molar-refractivity contribution < 1.29 is 0 Å². The van der Waals surface area contributed by atoms with Gasteiger partial charge in [0.1, 0.15) is 0 Å². The van der Waals surface area contributed by atoms with Gasteiger partial charge >= 0.3 is 0 Å². The fourth-order valence-corrected chi connectivity index (χ4v) is 2.89. The zero-order chi connectivity index (χ0) is 14.1. The van der Waals surface area contributed by atoms with Gasteiger partial charge in [0.2, 0.25) is 0 Å². The molecule has 0 N–H and O–H groups in total. The largest absolute Gasteiger partial charge is 0.0991 e. The van der Waals surface area contributed by atoms with Crippen molar-refractivity contribution in [3.63, 3.8) is 0 Å². The lowest BCUT2D eigenvalue weighted by atomic mass is 9.91. The molecule has 0 heteroatoms. The molecule has 1 rings (SSSR count). The zero-order valence-electron chi connectivity index (χ0n) is 13.0. The molecule has 106 valence electrons. The third-order valence-corrected chi connectivity index (χ3v) is 3.69. The summed E-state index contributed by atoms with van der Waals surface area (Å²) < 4.78 is 0. The van der Waals surface area contributed by atoms with Crippen LogP contribution in [-0.2, 0) is 0 Å². The Morgan fingerprint density at radius 3 is 2.47 bits per heavy atom. The standard InChI is InChI=1S/C19H30/c1-5-7-11-17(10-6-2)15-19(14-16(3)4)18-12-8-9-13-18/h5,7,10-11,16H,1,6,8-9,12-15H2,2-4H3. The van der Waals surface area contributed by atoms with E-state index in [1.807, 2.05) is 6.08 Å². The monoisotopic (exact) mass is 258 g/mol. The SMILES string of the molecule is C=CC=CC(=CCC)CC(CC(C)C)=C1CCCC1. The van der Waals surface area contributed by atoms with Gasteiger partial charge in [-0.25, -0.2) is 0 Å². The quantitative estimate of drug-likeness (QED) is 0.367. The fraction of sp³-hybridized carbons (Fsp3) is 0.579. The molecule has 0 atom stereocenters. The lowest BCUT2D eigenvalue weighted by Gasteiger charge is -2.15. The summed E-state index contributed by atoms with van der Waals surface area (Å²) in [5.74, 6) is 0.759. The van der Waals surface area contributed by atoms with E-state index < -0.39 is 0 Å². The van der Waals surface area contributed by atoms with Gasteiger partial charge in [0.15, 0.2) is 0 Å². The number of hydrogen-bond donors (Lipinski definition) is 0. The van der Waals surface area contributed by atoms with E-state index in [4.69, 9.17) is 0 Å². The van der Waals surface area contributed by atoms with Gasteiger partial charge in [-0.1, -0.05) is 62.8 Å². The van der Waals surface area contributed by atoms with Gasteiger partial charge in [-0.15, -0.1) is 0 Å². The predicted molar refractivity (Wildman–Crippen MR) is 87.3 cm³/mol. The zero-order valence-corrected chi connectivity index (χ0v) is 13.0. The lowest BCUT2D eigenvalue weighted by Crippen LogP contribution is -1.97. The molecule has 0 amide bonds. The van der Waals surface area contributed by atoms with Crippen LogP contribution in [0.15, 0.2) is 47.6 Å². The topological polar surface area (TPSA) is 0 Å². The summed E-state index contributed by atoms with van der Waals surface area (Å²) in [4.78, 5) is 0. The molecule has 0 aromatic rings. The molecule has 0 aliphatic heterocycles. The molecule has 0 unspecified atom stereocenters. The van der Waals surface area contributed by atoms with E-state index in [1.54, 1.807) is 11.1 Å². The van der Waals surface area contributed by atoms with Crippen LogP contribution in [0.2, 0.25) is 0 Å². The normalized spacial score (nSPS) is 16.6. The fourth-order valence-electron chi connectivity index (χ4n) is 2.89. The Balaban J connectivity index is 2.85. The predicted octanol–water partition coefficient (Wildman–Crippen LogP) is 6.37. The van der Waals surface area contributed by atoms with Crippen LogP contribution in [0, 0.1) is 5.92 Å². The molecule has 0 bridgehead atoms. The van der Waals surface area contributed by atoms with E-state index in [1.165, 1.54) is 37.7 Å². The average molecular weight is 258 g/mol. The highest BCUT2D eigenvalue weighted by Gasteiger charge is 2.14. The second-order valence-corrected chi connectivity index (χ2v) is 5.97. The minimum atomic E-state index is 0.759. The number of hydrogen-bond acceptors (Lipinski definition) is 0. The van der Waals surface area contributed by atoms with Gasteiger partial charge < -0.3 is 0 Å². The van der Waals surface area contributed by atoms with Crippen molar-refractivity contribution in [2.24, 2.45) is 5.92 Å². The summed E-state index contributed by atoms with van der Waals surface area (Å²) in [6.07, 6.45) is 17.5. The Bertz CT molecular complexity index is 355. The Labute approximate surface area is 120 Å². The molecule has 1 aliphatic rings. The second kappa shape index (κ2) is 8.96. The average Bonchev–Trinajstić information content (AvgIpc) is 2.88. The lowest BCUT2D eigenvalue weighted by molar-refractivity contribution is 0.626.